The van der Waals surface area contributed by atoms with Crippen molar-refractivity contribution in [3.63, 3.8) is 0 Å². The molecule has 0 atom stereocenters. The average molecular weight is 455 g/mol. The Bertz CT molecular complexity index is 1380. The summed E-state index contributed by atoms with van der Waals surface area (Å²) in [5, 5.41) is 19.9. The van der Waals surface area contributed by atoms with Gasteiger partial charge in [0.1, 0.15) is 5.75 Å². The van der Waals surface area contributed by atoms with Crippen LogP contribution in [0.15, 0.2) is 71.7 Å². The Hall–Kier alpha value is -3.62. The molecule has 0 bridgehead atoms. The van der Waals surface area contributed by atoms with Gasteiger partial charge in [0.05, 0.1) is 31.6 Å². The number of fused-ring (bicyclic) bond motifs is 1. The predicted octanol–water partition coefficient (Wildman–Crippen LogP) is 4.67. The van der Waals surface area contributed by atoms with Crippen molar-refractivity contribution in [3.05, 3.63) is 93.9 Å². The highest BCUT2D eigenvalue weighted by molar-refractivity contribution is 5.96. The Balaban J connectivity index is 1.99. The van der Waals surface area contributed by atoms with Crippen LogP contribution in [0.1, 0.15) is 16.7 Å². The minimum Gasteiger partial charge on any atom is -0.496 e. The monoisotopic (exact) mass is 455 g/mol. The molecule has 0 radical (unpaired) electrons. The van der Waals surface area contributed by atoms with Crippen LogP contribution in [0.4, 0.5) is 13.2 Å². The van der Waals surface area contributed by atoms with Crippen molar-refractivity contribution in [1.29, 1.82) is 0 Å². The normalized spacial score (nSPS) is 11.7. The van der Waals surface area contributed by atoms with Gasteiger partial charge >= 0.3 is 6.18 Å². The molecule has 0 amide bonds. The van der Waals surface area contributed by atoms with Crippen LogP contribution in [0.25, 0.3) is 27.6 Å². The van der Waals surface area contributed by atoms with Crippen molar-refractivity contribution in [2.24, 2.45) is 0 Å². The molecule has 170 valence electrons. The maximum Gasteiger partial charge on any atom is 0.416 e. The van der Waals surface area contributed by atoms with Gasteiger partial charge in [-0.25, -0.2) is 0 Å². The van der Waals surface area contributed by atoms with E-state index in [-0.39, 0.29) is 18.8 Å². The zero-order valence-corrected chi connectivity index (χ0v) is 17.6. The molecular weight excluding hydrogens is 435 g/mol. The molecule has 0 aliphatic rings. The first-order valence-electron chi connectivity index (χ1n) is 10.0. The van der Waals surface area contributed by atoms with Gasteiger partial charge in [-0.2, -0.15) is 13.2 Å². The van der Waals surface area contributed by atoms with Crippen molar-refractivity contribution in [2.75, 3.05) is 7.11 Å². The van der Waals surface area contributed by atoms with Crippen LogP contribution in [0, 0.1) is 0 Å². The topological polar surface area (TPSA) is 71.7 Å². The molecule has 0 aliphatic heterocycles. The molecule has 33 heavy (non-hydrogen) atoms. The van der Waals surface area contributed by atoms with E-state index in [1.807, 2.05) is 0 Å². The molecule has 4 aromatic rings. The number of benzene rings is 3. The third-order valence-electron chi connectivity index (χ3n) is 5.51. The number of aromatic nitrogens is 1. The fraction of sp³-hybridized carbons (Fsp3) is 0.160. The van der Waals surface area contributed by atoms with Gasteiger partial charge in [0.15, 0.2) is 0 Å². The first kappa shape index (κ1) is 22.6. The number of methoxy groups -OCH3 is 1. The van der Waals surface area contributed by atoms with Crippen molar-refractivity contribution >= 4 is 10.8 Å². The van der Waals surface area contributed by atoms with Gasteiger partial charge in [0.2, 0.25) is 0 Å². The Kier molecular flexibility index (Phi) is 5.97. The lowest BCUT2D eigenvalue weighted by atomic mass is 9.97. The number of rotatable bonds is 5. The molecule has 4 rings (SSSR count). The molecule has 8 heteroatoms. The number of aliphatic hydroxyl groups is 2. The Morgan fingerprint density at radius 3 is 2.24 bits per heavy atom. The van der Waals surface area contributed by atoms with E-state index in [4.69, 9.17) is 4.74 Å². The lowest BCUT2D eigenvalue weighted by molar-refractivity contribution is -0.137. The van der Waals surface area contributed by atoms with Gasteiger partial charge in [-0.1, -0.05) is 24.3 Å². The van der Waals surface area contributed by atoms with Crippen LogP contribution in [0.3, 0.4) is 0 Å². The van der Waals surface area contributed by atoms with Crippen molar-refractivity contribution < 1.29 is 28.1 Å². The van der Waals surface area contributed by atoms with E-state index in [9.17, 15) is 28.2 Å². The molecule has 0 spiro atoms. The molecule has 5 nitrogen and oxygen atoms in total. The summed E-state index contributed by atoms with van der Waals surface area (Å²) in [5.74, 6) is 0.397. The number of nitrogens with zero attached hydrogens (tertiary/aromatic N) is 1. The second-order valence-electron chi connectivity index (χ2n) is 7.49. The number of halogens is 3. The molecule has 1 heterocycles. The minimum atomic E-state index is -4.46. The van der Waals surface area contributed by atoms with Gasteiger partial charge in [0, 0.05) is 28.8 Å². The van der Waals surface area contributed by atoms with Gasteiger partial charge < -0.3 is 14.9 Å². The summed E-state index contributed by atoms with van der Waals surface area (Å²) in [6, 6.07) is 14.5. The molecule has 0 unspecified atom stereocenters. The summed E-state index contributed by atoms with van der Waals surface area (Å²) in [5.41, 5.74) is 1.48. The third kappa shape index (κ3) is 4.22. The standard InChI is InChI=1S/C25H20F3NO4/c1-33-23-11-19(8-5-17(23)14-31)29-12-22(16-3-6-18(7-4-16)25(26,27)28)21-10-15(13-30)2-9-20(21)24(29)32/h2-12,30-31H,13-14H2,1H3. The molecule has 0 fully saturated rings. The van der Waals surface area contributed by atoms with E-state index in [0.717, 1.165) is 12.1 Å². The highest BCUT2D eigenvalue weighted by Crippen LogP contribution is 2.34. The predicted molar refractivity (Wildman–Crippen MR) is 118 cm³/mol. The van der Waals surface area contributed by atoms with Crippen LogP contribution >= 0.6 is 0 Å². The van der Waals surface area contributed by atoms with Crippen molar-refractivity contribution in [2.45, 2.75) is 19.4 Å². The number of hydrogen-bond acceptors (Lipinski definition) is 4. The van der Waals surface area contributed by atoms with E-state index < -0.39 is 11.7 Å². The lowest BCUT2D eigenvalue weighted by Crippen LogP contribution is -2.19. The fourth-order valence-corrected chi connectivity index (χ4v) is 3.76. The maximum atomic E-state index is 13.3. The third-order valence-corrected chi connectivity index (χ3v) is 5.51. The number of alkyl halides is 3. The summed E-state index contributed by atoms with van der Waals surface area (Å²) in [6.45, 7) is -0.484. The largest absolute Gasteiger partial charge is 0.496 e. The quantitative estimate of drug-likeness (QED) is 0.459. The Labute approximate surface area is 186 Å². The smallest absolute Gasteiger partial charge is 0.416 e. The van der Waals surface area contributed by atoms with Crippen LogP contribution in [-0.2, 0) is 19.4 Å². The highest BCUT2D eigenvalue weighted by atomic mass is 19.4. The molecular formula is C25H20F3NO4. The molecule has 1 aromatic heterocycles. The second kappa shape index (κ2) is 8.73. The van der Waals surface area contributed by atoms with Crippen LogP contribution in [-0.4, -0.2) is 21.9 Å². The molecule has 0 aliphatic carbocycles. The molecule has 2 N–H and O–H groups in total. The summed E-state index contributed by atoms with van der Waals surface area (Å²) < 4.78 is 45.8. The lowest BCUT2D eigenvalue weighted by Gasteiger charge is -2.16. The zero-order chi connectivity index (χ0) is 23.8. The SMILES string of the molecule is COc1cc(-n2cc(-c3ccc(C(F)(F)F)cc3)c3cc(CO)ccc3c2=O)ccc1CO. The van der Waals surface area contributed by atoms with Gasteiger partial charge in [-0.15, -0.1) is 0 Å². The molecule has 0 saturated heterocycles. The summed E-state index contributed by atoms with van der Waals surface area (Å²) in [4.78, 5) is 13.3. The highest BCUT2D eigenvalue weighted by Gasteiger charge is 2.30. The van der Waals surface area contributed by atoms with Gasteiger partial charge in [0.25, 0.3) is 5.56 Å². The number of aliphatic hydroxyl groups excluding tert-OH is 2. The molecule has 3 aromatic carbocycles. The van der Waals surface area contributed by atoms with Crippen LogP contribution in [0.5, 0.6) is 5.75 Å². The van der Waals surface area contributed by atoms with Crippen molar-refractivity contribution in [3.8, 4) is 22.6 Å². The number of pyridine rings is 1. The summed E-state index contributed by atoms with van der Waals surface area (Å²) >= 11 is 0. The van der Waals surface area contributed by atoms with E-state index in [0.29, 0.717) is 44.5 Å². The number of hydrogen-bond donors (Lipinski definition) is 2. The van der Waals surface area contributed by atoms with Crippen molar-refractivity contribution in [1.82, 2.24) is 4.57 Å². The first-order valence-corrected chi connectivity index (χ1v) is 10.0. The average Bonchev–Trinajstić information content (AvgIpc) is 2.83. The van der Waals surface area contributed by atoms with E-state index in [1.54, 1.807) is 42.6 Å². The van der Waals surface area contributed by atoms with E-state index in [2.05, 4.69) is 0 Å². The Morgan fingerprint density at radius 2 is 1.64 bits per heavy atom. The molecule has 0 saturated carbocycles. The Morgan fingerprint density at radius 1 is 0.909 bits per heavy atom. The van der Waals surface area contributed by atoms with Crippen LogP contribution in [0.2, 0.25) is 0 Å². The van der Waals surface area contributed by atoms with E-state index >= 15 is 0 Å². The van der Waals surface area contributed by atoms with Gasteiger partial charge in [-0.05, 0) is 46.8 Å². The van der Waals surface area contributed by atoms with Crippen LogP contribution < -0.4 is 10.3 Å². The zero-order valence-electron chi connectivity index (χ0n) is 17.6. The maximum absolute atomic E-state index is 13.3. The van der Waals surface area contributed by atoms with E-state index in [1.165, 1.54) is 23.8 Å². The second-order valence-corrected chi connectivity index (χ2v) is 7.49. The van der Waals surface area contributed by atoms with Gasteiger partial charge in [-0.3, -0.25) is 9.36 Å². The number of ether oxygens (including phenoxy) is 1. The summed E-state index contributed by atoms with van der Waals surface area (Å²) in [6.07, 6.45) is -2.91. The summed E-state index contributed by atoms with van der Waals surface area (Å²) in [7, 11) is 1.45. The first-order chi connectivity index (χ1) is 15.8. The fourth-order valence-electron chi connectivity index (χ4n) is 3.76. The minimum absolute atomic E-state index is 0.239.